The van der Waals surface area contributed by atoms with E-state index < -0.39 is 11.4 Å². The van der Waals surface area contributed by atoms with Crippen LogP contribution < -0.4 is 9.64 Å². The van der Waals surface area contributed by atoms with Crippen LogP contribution in [0.2, 0.25) is 0 Å². The summed E-state index contributed by atoms with van der Waals surface area (Å²) in [5, 5.41) is 0. The van der Waals surface area contributed by atoms with Crippen molar-refractivity contribution in [2.45, 2.75) is 51.3 Å². The first-order valence-electron chi connectivity index (χ1n) is 9.52. The molecule has 1 aromatic carbocycles. The van der Waals surface area contributed by atoms with Crippen molar-refractivity contribution in [2.24, 2.45) is 0 Å². The molecular formula is C21H27FN2O4. The fraction of sp³-hybridized carbons (Fsp3) is 0.524. The molecule has 6 nitrogen and oxygen atoms in total. The minimum Gasteiger partial charge on any atom is -0.489 e. The number of carbonyl (C=O) groups is 2. The van der Waals surface area contributed by atoms with Gasteiger partial charge in [-0.25, -0.2) is 9.18 Å². The summed E-state index contributed by atoms with van der Waals surface area (Å²) in [4.78, 5) is 27.7. The van der Waals surface area contributed by atoms with Crippen molar-refractivity contribution in [3.8, 4) is 5.75 Å². The number of hydrogen-bond donors (Lipinski definition) is 0. The van der Waals surface area contributed by atoms with Gasteiger partial charge in [0.25, 0.3) is 0 Å². The van der Waals surface area contributed by atoms with E-state index in [4.69, 9.17) is 9.47 Å². The zero-order valence-electron chi connectivity index (χ0n) is 16.6. The van der Waals surface area contributed by atoms with E-state index in [9.17, 15) is 14.0 Å². The number of anilines is 1. The Kier molecular flexibility index (Phi) is 5.63. The molecule has 0 aromatic heterocycles. The van der Waals surface area contributed by atoms with Crippen molar-refractivity contribution < 1.29 is 23.5 Å². The predicted molar refractivity (Wildman–Crippen MR) is 105 cm³/mol. The monoisotopic (exact) mass is 390 g/mol. The summed E-state index contributed by atoms with van der Waals surface area (Å²) in [5.41, 5.74) is 0.00243. The number of aldehydes is 1. The van der Waals surface area contributed by atoms with Gasteiger partial charge in [-0.2, -0.15) is 0 Å². The summed E-state index contributed by atoms with van der Waals surface area (Å²) in [6, 6.07) is 3.06. The summed E-state index contributed by atoms with van der Waals surface area (Å²) in [6.45, 7) is 10.5. The van der Waals surface area contributed by atoms with Gasteiger partial charge >= 0.3 is 6.09 Å². The summed E-state index contributed by atoms with van der Waals surface area (Å²) < 4.78 is 25.5. The van der Waals surface area contributed by atoms with Crippen molar-refractivity contribution >= 4 is 18.1 Å². The van der Waals surface area contributed by atoms with E-state index in [-0.39, 0.29) is 36.1 Å². The van der Waals surface area contributed by atoms with Crippen LogP contribution in [-0.2, 0) is 4.74 Å². The molecule has 2 bridgehead atoms. The van der Waals surface area contributed by atoms with Crippen LogP contribution in [-0.4, -0.2) is 54.7 Å². The van der Waals surface area contributed by atoms with Crippen LogP contribution in [0, 0.1) is 5.82 Å². The van der Waals surface area contributed by atoms with Crippen LogP contribution >= 0.6 is 0 Å². The number of rotatable bonds is 5. The van der Waals surface area contributed by atoms with Gasteiger partial charge in [0.1, 0.15) is 23.8 Å². The predicted octanol–water partition coefficient (Wildman–Crippen LogP) is 3.79. The largest absolute Gasteiger partial charge is 0.489 e. The molecule has 0 saturated carbocycles. The molecular weight excluding hydrogens is 363 g/mol. The molecule has 152 valence electrons. The quantitative estimate of drug-likeness (QED) is 0.566. The van der Waals surface area contributed by atoms with Crippen molar-refractivity contribution in [3.63, 3.8) is 0 Å². The maximum atomic E-state index is 14.4. The Balaban J connectivity index is 1.80. The fourth-order valence-electron chi connectivity index (χ4n) is 3.87. The number of fused-ring (bicyclic) bond motifs is 2. The second kappa shape index (κ2) is 7.81. The van der Waals surface area contributed by atoms with E-state index in [2.05, 4.69) is 6.58 Å². The second-order valence-electron chi connectivity index (χ2n) is 8.23. The van der Waals surface area contributed by atoms with Crippen molar-refractivity contribution in [1.29, 1.82) is 0 Å². The first kappa shape index (κ1) is 20.2. The van der Waals surface area contributed by atoms with Gasteiger partial charge in [0.05, 0.1) is 17.6 Å². The maximum Gasteiger partial charge on any atom is 0.410 e. The normalized spacial score (nSPS) is 21.4. The fourth-order valence-corrected chi connectivity index (χ4v) is 3.87. The summed E-state index contributed by atoms with van der Waals surface area (Å²) in [5.74, 6) is -0.416. The number of hydrogen-bond acceptors (Lipinski definition) is 5. The van der Waals surface area contributed by atoms with E-state index in [0.29, 0.717) is 25.1 Å². The molecule has 2 atom stereocenters. The first-order chi connectivity index (χ1) is 13.2. The van der Waals surface area contributed by atoms with E-state index in [0.717, 1.165) is 12.8 Å². The van der Waals surface area contributed by atoms with Gasteiger partial charge in [0, 0.05) is 24.8 Å². The SMILES string of the molecule is C=CCOc1cc(N2CC3CCC(C2)N3C(=O)OC(C)(C)C)cc(F)c1C=O. The lowest BCUT2D eigenvalue weighted by molar-refractivity contribution is 0.0123. The highest BCUT2D eigenvalue weighted by atomic mass is 19.1. The molecule has 28 heavy (non-hydrogen) atoms. The highest BCUT2D eigenvalue weighted by molar-refractivity contribution is 5.81. The number of benzene rings is 1. The van der Waals surface area contributed by atoms with Crippen molar-refractivity contribution in [3.05, 3.63) is 36.2 Å². The highest BCUT2D eigenvalue weighted by Crippen LogP contribution is 2.36. The van der Waals surface area contributed by atoms with Gasteiger partial charge in [0.2, 0.25) is 0 Å². The Morgan fingerprint density at radius 2 is 1.93 bits per heavy atom. The molecule has 3 rings (SSSR count). The second-order valence-corrected chi connectivity index (χ2v) is 8.23. The number of ether oxygens (including phenoxy) is 2. The van der Waals surface area contributed by atoms with E-state index in [1.54, 1.807) is 12.1 Å². The third kappa shape index (κ3) is 4.13. The molecule has 1 aromatic rings. The van der Waals surface area contributed by atoms with Gasteiger partial charge in [-0.05, 0) is 39.7 Å². The van der Waals surface area contributed by atoms with Gasteiger partial charge < -0.3 is 14.4 Å². The van der Waals surface area contributed by atoms with Crippen molar-refractivity contribution in [1.82, 2.24) is 4.90 Å². The number of amides is 1. The third-order valence-electron chi connectivity index (χ3n) is 5.00. The lowest BCUT2D eigenvalue weighted by Crippen LogP contribution is -2.56. The molecule has 2 fully saturated rings. The molecule has 7 heteroatoms. The lowest BCUT2D eigenvalue weighted by atomic mass is 10.1. The van der Waals surface area contributed by atoms with Crippen LogP contribution in [0.25, 0.3) is 0 Å². The van der Waals surface area contributed by atoms with Gasteiger partial charge in [-0.3, -0.25) is 9.69 Å². The van der Waals surface area contributed by atoms with Crippen LogP contribution in [0.1, 0.15) is 44.0 Å². The van der Waals surface area contributed by atoms with E-state index >= 15 is 0 Å². The molecule has 0 spiro atoms. The number of halogens is 1. The van der Waals surface area contributed by atoms with Crippen LogP contribution in [0.4, 0.5) is 14.9 Å². The average molecular weight is 390 g/mol. The topological polar surface area (TPSA) is 59.1 Å². The van der Waals surface area contributed by atoms with Crippen LogP contribution in [0.5, 0.6) is 5.75 Å². The van der Waals surface area contributed by atoms with Crippen LogP contribution in [0.15, 0.2) is 24.8 Å². The minimum absolute atomic E-state index is 0.0138. The molecule has 0 aliphatic carbocycles. The summed E-state index contributed by atoms with van der Waals surface area (Å²) in [6.07, 6.45) is 3.47. The molecule has 0 N–H and O–H groups in total. The maximum absolute atomic E-state index is 14.4. The van der Waals surface area contributed by atoms with Gasteiger partial charge in [-0.1, -0.05) is 12.7 Å². The lowest BCUT2D eigenvalue weighted by Gasteiger charge is -2.42. The number of piperazine rings is 1. The Morgan fingerprint density at radius 3 is 2.46 bits per heavy atom. The molecule has 0 radical (unpaired) electrons. The van der Waals surface area contributed by atoms with Gasteiger partial charge in [0.15, 0.2) is 6.29 Å². The smallest absolute Gasteiger partial charge is 0.410 e. The van der Waals surface area contributed by atoms with Gasteiger partial charge in [-0.15, -0.1) is 0 Å². The first-order valence-corrected chi connectivity index (χ1v) is 9.52. The average Bonchev–Trinajstić information content (AvgIpc) is 2.88. The molecule has 2 saturated heterocycles. The van der Waals surface area contributed by atoms with Crippen LogP contribution in [0.3, 0.4) is 0 Å². The Labute approximate surface area is 164 Å². The highest BCUT2D eigenvalue weighted by Gasteiger charge is 2.44. The number of carbonyl (C=O) groups excluding carboxylic acids is 2. The zero-order valence-corrected chi connectivity index (χ0v) is 16.6. The summed E-state index contributed by atoms with van der Waals surface area (Å²) >= 11 is 0. The zero-order chi connectivity index (χ0) is 20.5. The minimum atomic E-state index is -0.617. The standard InChI is InChI=1S/C21H27FN2O4/c1-5-8-27-19-10-16(9-18(22)17(19)13-25)23-11-14-6-7-15(12-23)24(14)20(26)28-21(2,3)4/h5,9-10,13-15H,1,6-8,11-12H2,2-4H3. The van der Waals surface area contributed by atoms with E-state index in [1.165, 1.54) is 6.07 Å². The molecule has 2 aliphatic rings. The Morgan fingerprint density at radius 1 is 1.29 bits per heavy atom. The molecule has 2 aliphatic heterocycles. The molecule has 2 unspecified atom stereocenters. The summed E-state index contributed by atoms with van der Waals surface area (Å²) in [7, 11) is 0. The third-order valence-corrected chi connectivity index (χ3v) is 5.00. The van der Waals surface area contributed by atoms with E-state index in [1.807, 2.05) is 30.6 Å². The number of nitrogens with zero attached hydrogens (tertiary/aromatic N) is 2. The molecule has 1 amide bonds. The van der Waals surface area contributed by atoms with Crippen molar-refractivity contribution in [2.75, 3.05) is 24.6 Å². The molecule has 2 heterocycles. The Bertz CT molecular complexity index is 760. The Hall–Kier alpha value is -2.57.